The lowest BCUT2D eigenvalue weighted by atomic mass is 10.00. The Morgan fingerprint density at radius 2 is 1.75 bits per heavy atom. The summed E-state index contributed by atoms with van der Waals surface area (Å²) in [5, 5.41) is 3.76. The fraction of sp³-hybridized carbons (Fsp3) is 0.438. The molecule has 0 unspecified atom stereocenters. The molecule has 24 heavy (non-hydrogen) atoms. The summed E-state index contributed by atoms with van der Waals surface area (Å²) in [4.78, 5) is 0.170. The van der Waals surface area contributed by atoms with Crippen molar-refractivity contribution in [2.75, 3.05) is 19.8 Å². The van der Waals surface area contributed by atoms with Crippen LogP contribution < -0.4 is 9.47 Å². The van der Waals surface area contributed by atoms with Crippen LogP contribution in [0.2, 0.25) is 0 Å². The van der Waals surface area contributed by atoms with Crippen LogP contribution in [0.4, 0.5) is 0 Å². The lowest BCUT2D eigenvalue weighted by molar-refractivity contribution is 0.171. The van der Waals surface area contributed by atoms with Crippen molar-refractivity contribution in [1.29, 1.82) is 0 Å². The zero-order valence-corrected chi connectivity index (χ0v) is 14.4. The number of benzene rings is 1. The van der Waals surface area contributed by atoms with Crippen LogP contribution in [-0.4, -0.2) is 37.6 Å². The van der Waals surface area contributed by atoms with Gasteiger partial charge in [-0.15, -0.1) is 0 Å². The topological polar surface area (TPSA) is 81.9 Å². The van der Waals surface area contributed by atoms with E-state index in [0.717, 1.165) is 16.9 Å². The van der Waals surface area contributed by atoms with Gasteiger partial charge in [-0.1, -0.05) is 5.16 Å². The van der Waals surface area contributed by atoms with Gasteiger partial charge in [0.25, 0.3) is 0 Å². The van der Waals surface area contributed by atoms with Crippen LogP contribution in [0.15, 0.2) is 21.6 Å². The maximum atomic E-state index is 13.0. The van der Waals surface area contributed by atoms with Gasteiger partial charge in [-0.05, 0) is 43.5 Å². The molecule has 0 atom stereocenters. The minimum atomic E-state index is -3.64. The summed E-state index contributed by atoms with van der Waals surface area (Å²) in [7, 11) is -3.64. The van der Waals surface area contributed by atoms with Gasteiger partial charge in [0.15, 0.2) is 17.3 Å². The highest BCUT2D eigenvalue weighted by molar-refractivity contribution is 7.89. The lowest BCUT2D eigenvalue weighted by Crippen LogP contribution is -2.36. The van der Waals surface area contributed by atoms with Crippen molar-refractivity contribution in [2.45, 2.75) is 31.7 Å². The molecule has 0 saturated carbocycles. The summed E-state index contributed by atoms with van der Waals surface area (Å²) in [5.41, 5.74) is 2.44. The molecule has 0 bridgehead atoms. The number of fused-ring (bicyclic) bond motifs is 2. The Bertz CT molecular complexity index is 884. The molecule has 8 heteroatoms. The molecule has 2 aliphatic rings. The molecule has 1 aromatic heterocycles. The van der Waals surface area contributed by atoms with Crippen molar-refractivity contribution in [3.63, 3.8) is 0 Å². The molecule has 0 aliphatic carbocycles. The molecule has 0 saturated heterocycles. The Labute approximate surface area is 140 Å². The normalized spacial score (nSPS) is 17.6. The van der Waals surface area contributed by atoms with Crippen molar-refractivity contribution in [3.05, 3.63) is 34.7 Å². The smallest absolute Gasteiger partial charge is 0.248 e. The third-order valence-electron chi connectivity index (χ3n) is 4.41. The molecule has 2 aliphatic heterocycles. The van der Waals surface area contributed by atoms with Crippen molar-refractivity contribution >= 4 is 10.0 Å². The Morgan fingerprint density at radius 3 is 2.38 bits per heavy atom. The van der Waals surface area contributed by atoms with E-state index in [1.54, 1.807) is 13.8 Å². The Morgan fingerprint density at radius 1 is 1.08 bits per heavy atom. The van der Waals surface area contributed by atoms with Crippen LogP contribution >= 0.6 is 0 Å². The van der Waals surface area contributed by atoms with Gasteiger partial charge in [0.1, 0.15) is 23.8 Å². The molecular weight excluding hydrogens is 332 g/mol. The third kappa shape index (κ3) is 2.37. The summed E-state index contributed by atoms with van der Waals surface area (Å²) in [6, 6.07) is 3.85. The molecular formula is C16H18N2O5S. The second kappa shape index (κ2) is 5.49. The molecule has 0 fully saturated rings. The number of hydrogen-bond donors (Lipinski definition) is 0. The van der Waals surface area contributed by atoms with Crippen molar-refractivity contribution < 1.29 is 22.4 Å². The average molecular weight is 350 g/mol. The van der Waals surface area contributed by atoms with Gasteiger partial charge in [0.2, 0.25) is 10.0 Å². The first-order valence-electron chi connectivity index (χ1n) is 7.81. The van der Waals surface area contributed by atoms with E-state index < -0.39 is 10.0 Å². The number of ether oxygens (including phenoxy) is 2. The highest BCUT2D eigenvalue weighted by Gasteiger charge is 2.34. The second-order valence-corrected chi connectivity index (χ2v) is 7.88. The van der Waals surface area contributed by atoms with Gasteiger partial charge < -0.3 is 14.0 Å². The molecule has 0 spiro atoms. The fourth-order valence-corrected chi connectivity index (χ4v) is 4.95. The van der Waals surface area contributed by atoms with E-state index in [9.17, 15) is 8.42 Å². The van der Waals surface area contributed by atoms with E-state index in [4.69, 9.17) is 14.0 Å². The minimum Gasteiger partial charge on any atom is -0.486 e. The number of aromatic nitrogens is 1. The van der Waals surface area contributed by atoms with Gasteiger partial charge >= 0.3 is 0 Å². The van der Waals surface area contributed by atoms with Crippen molar-refractivity contribution in [1.82, 2.24) is 9.46 Å². The summed E-state index contributed by atoms with van der Waals surface area (Å²) < 4.78 is 43.6. The van der Waals surface area contributed by atoms with Crippen LogP contribution in [0.1, 0.15) is 22.6 Å². The summed E-state index contributed by atoms with van der Waals surface area (Å²) >= 11 is 0. The largest absolute Gasteiger partial charge is 0.486 e. The van der Waals surface area contributed by atoms with Crippen LogP contribution in [0, 0.1) is 13.8 Å². The van der Waals surface area contributed by atoms with Gasteiger partial charge in [-0.25, -0.2) is 8.42 Å². The molecule has 4 rings (SSSR count). The van der Waals surface area contributed by atoms with Crippen LogP contribution in [0.25, 0.3) is 0 Å². The van der Waals surface area contributed by atoms with Gasteiger partial charge in [0.05, 0.1) is 0 Å². The lowest BCUT2D eigenvalue weighted by Gasteiger charge is -2.29. The van der Waals surface area contributed by atoms with Crippen LogP contribution in [-0.2, 0) is 23.0 Å². The Hall–Kier alpha value is -2.06. The predicted octanol–water partition coefficient (Wildman–Crippen LogP) is 1.81. The zero-order valence-electron chi connectivity index (χ0n) is 13.5. The number of hydrogen-bond acceptors (Lipinski definition) is 6. The molecule has 3 heterocycles. The fourth-order valence-electron chi connectivity index (χ4n) is 3.24. The molecule has 128 valence electrons. The number of sulfonamides is 1. The van der Waals surface area contributed by atoms with Gasteiger partial charge in [-0.2, -0.15) is 4.31 Å². The quantitative estimate of drug-likeness (QED) is 0.822. The molecule has 0 amide bonds. The summed E-state index contributed by atoms with van der Waals surface area (Å²) in [6.45, 7) is 5.03. The maximum Gasteiger partial charge on any atom is 0.248 e. The first-order chi connectivity index (χ1) is 11.5. The first kappa shape index (κ1) is 15.5. The van der Waals surface area contributed by atoms with E-state index in [0.29, 0.717) is 49.9 Å². The van der Waals surface area contributed by atoms with E-state index >= 15 is 0 Å². The van der Waals surface area contributed by atoms with Crippen LogP contribution in [0.3, 0.4) is 0 Å². The van der Waals surface area contributed by atoms with Gasteiger partial charge in [-0.3, -0.25) is 0 Å². The van der Waals surface area contributed by atoms with E-state index in [-0.39, 0.29) is 4.90 Å². The van der Waals surface area contributed by atoms with E-state index in [2.05, 4.69) is 5.16 Å². The first-order valence-corrected chi connectivity index (χ1v) is 9.25. The Balaban J connectivity index is 1.69. The van der Waals surface area contributed by atoms with E-state index in [1.807, 2.05) is 12.1 Å². The number of rotatable bonds is 2. The summed E-state index contributed by atoms with van der Waals surface area (Å²) in [6.07, 6.45) is 0.634. The number of aryl methyl sites for hydroxylation is 2. The molecule has 7 nitrogen and oxygen atoms in total. The molecule has 0 N–H and O–H groups in total. The molecule has 0 radical (unpaired) electrons. The zero-order chi connectivity index (χ0) is 16.9. The average Bonchev–Trinajstić information content (AvgIpc) is 2.91. The SMILES string of the molecule is Cc1noc(C)c1S(=O)(=O)N1CCc2cc3c(cc2C1)OCCO3. The predicted molar refractivity (Wildman–Crippen MR) is 84.7 cm³/mol. The maximum absolute atomic E-state index is 13.0. The molecule has 1 aromatic carbocycles. The highest BCUT2D eigenvalue weighted by Crippen LogP contribution is 2.36. The second-order valence-electron chi connectivity index (χ2n) is 6.01. The monoisotopic (exact) mass is 350 g/mol. The minimum absolute atomic E-state index is 0.170. The Kier molecular flexibility index (Phi) is 3.54. The van der Waals surface area contributed by atoms with Crippen molar-refractivity contribution in [2.24, 2.45) is 0 Å². The van der Waals surface area contributed by atoms with Crippen molar-refractivity contribution in [3.8, 4) is 11.5 Å². The highest BCUT2D eigenvalue weighted by atomic mass is 32.2. The number of nitrogens with zero attached hydrogens (tertiary/aromatic N) is 2. The van der Waals surface area contributed by atoms with Crippen LogP contribution in [0.5, 0.6) is 11.5 Å². The third-order valence-corrected chi connectivity index (χ3v) is 6.50. The van der Waals surface area contributed by atoms with Gasteiger partial charge in [0, 0.05) is 13.1 Å². The molecule has 2 aromatic rings. The van der Waals surface area contributed by atoms with E-state index in [1.165, 1.54) is 4.31 Å². The standard InChI is InChI=1S/C16H18N2O5S/c1-10-16(11(2)23-17-10)24(19,20)18-4-3-12-7-14-15(8-13(12)9-18)22-6-5-21-14/h7-8H,3-6,9H2,1-2H3. The summed E-state index contributed by atoms with van der Waals surface area (Å²) in [5.74, 6) is 1.74.